The number of guanidine groups is 1. The van der Waals surface area contributed by atoms with Gasteiger partial charge in [-0.25, -0.2) is 18.5 Å². The number of aliphatic imine (C=N–C) groups is 1. The molecular weight excluding hydrogens is 336 g/mol. The molecule has 0 radical (unpaired) electrons. The summed E-state index contributed by atoms with van der Waals surface area (Å²) < 4.78 is 28.5. The molecule has 9 heteroatoms. The number of ether oxygens (including phenoxy) is 1. The van der Waals surface area contributed by atoms with Crippen molar-refractivity contribution in [1.82, 2.24) is 10.6 Å². The molecule has 1 aliphatic rings. The molecule has 130 valence electrons. The molecule has 0 spiro atoms. The van der Waals surface area contributed by atoms with E-state index in [1.54, 1.807) is 6.07 Å². The molecule has 2 rings (SSSR count). The number of thiophene rings is 1. The van der Waals surface area contributed by atoms with Gasteiger partial charge in [0.05, 0.1) is 12.1 Å². The van der Waals surface area contributed by atoms with E-state index in [2.05, 4.69) is 22.5 Å². The molecule has 1 fully saturated rings. The standard InChI is InChI=1S/C14H24N4O3S2/c1-3-16-13(18-10-14(2)7-4-8-21-14)17-9-11-5-6-12(22-11)23(15,19)20/h5-6H,3-4,7-10H2,1-2H3,(H2,15,19,20)(H2,16,17,18). The highest BCUT2D eigenvalue weighted by molar-refractivity contribution is 7.91. The van der Waals surface area contributed by atoms with E-state index in [4.69, 9.17) is 9.88 Å². The van der Waals surface area contributed by atoms with Gasteiger partial charge in [0.1, 0.15) is 4.21 Å². The Bertz CT molecular complexity index is 649. The van der Waals surface area contributed by atoms with Crippen molar-refractivity contribution >= 4 is 27.3 Å². The van der Waals surface area contributed by atoms with Crippen molar-refractivity contribution in [3.8, 4) is 0 Å². The second-order valence-electron chi connectivity index (χ2n) is 5.72. The van der Waals surface area contributed by atoms with Gasteiger partial charge in [0.15, 0.2) is 5.96 Å². The summed E-state index contributed by atoms with van der Waals surface area (Å²) in [4.78, 5) is 5.33. The highest BCUT2D eigenvalue weighted by atomic mass is 32.2. The smallest absolute Gasteiger partial charge is 0.247 e. The van der Waals surface area contributed by atoms with Crippen LogP contribution >= 0.6 is 11.3 Å². The SMILES string of the molecule is CCNC(=NCc1ccc(S(N)(=O)=O)s1)NCC1(C)CCCO1. The van der Waals surface area contributed by atoms with Crippen LogP contribution in [0.4, 0.5) is 0 Å². The number of hydrogen-bond donors (Lipinski definition) is 3. The maximum Gasteiger partial charge on any atom is 0.247 e. The van der Waals surface area contributed by atoms with Crippen LogP contribution in [0.3, 0.4) is 0 Å². The zero-order chi connectivity index (χ0) is 16.9. The van der Waals surface area contributed by atoms with Crippen LogP contribution < -0.4 is 15.8 Å². The first kappa shape index (κ1) is 18.2. The van der Waals surface area contributed by atoms with Gasteiger partial charge < -0.3 is 15.4 Å². The number of rotatable bonds is 6. The van der Waals surface area contributed by atoms with Crippen molar-refractivity contribution < 1.29 is 13.2 Å². The van der Waals surface area contributed by atoms with E-state index in [0.717, 1.165) is 42.2 Å². The zero-order valence-corrected chi connectivity index (χ0v) is 15.1. The van der Waals surface area contributed by atoms with Crippen LogP contribution in [0, 0.1) is 0 Å². The Hall–Kier alpha value is -1.16. The minimum absolute atomic E-state index is 0.153. The van der Waals surface area contributed by atoms with E-state index in [0.29, 0.717) is 19.0 Å². The largest absolute Gasteiger partial charge is 0.373 e. The van der Waals surface area contributed by atoms with Crippen LogP contribution in [-0.2, 0) is 21.3 Å². The van der Waals surface area contributed by atoms with Gasteiger partial charge in [0.25, 0.3) is 0 Å². The number of primary sulfonamides is 1. The lowest BCUT2D eigenvalue weighted by molar-refractivity contribution is 0.0243. The maximum atomic E-state index is 11.3. The molecule has 0 bridgehead atoms. The Balaban J connectivity index is 1.96. The second-order valence-corrected chi connectivity index (χ2v) is 8.67. The highest BCUT2D eigenvalue weighted by Crippen LogP contribution is 2.24. The van der Waals surface area contributed by atoms with Crippen LogP contribution in [0.2, 0.25) is 0 Å². The van der Waals surface area contributed by atoms with Crippen molar-refractivity contribution in [3.63, 3.8) is 0 Å². The number of hydrogen-bond acceptors (Lipinski definition) is 5. The van der Waals surface area contributed by atoms with Crippen molar-refractivity contribution in [2.24, 2.45) is 10.1 Å². The third-order valence-corrected chi connectivity index (χ3v) is 6.09. The van der Waals surface area contributed by atoms with E-state index in [9.17, 15) is 8.42 Å². The lowest BCUT2D eigenvalue weighted by Gasteiger charge is -2.24. The number of nitrogens with one attached hydrogen (secondary N) is 2. The molecule has 1 aromatic heterocycles. The molecule has 1 aliphatic heterocycles. The predicted molar refractivity (Wildman–Crippen MR) is 92.1 cm³/mol. The lowest BCUT2D eigenvalue weighted by Crippen LogP contribution is -2.45. The quantitative estimate of drug-likeness (QED) is 0.519. The summed E-state index contributed by atoms with van der Waals surface area (Å²) in [6, 6.07) is 3.25. The fraction of sp³-hybridized carbons (Fsp3) is 0.643. The minimum atomic E-state index is -3.64. The summed E-state index contributed by atoms with van der Waals surface area (Å²) in [6.45, 7) is 6.72. The van der Waals surface area contributed by atoms with Gasteiger partial charge in [-0.05, 0) is 38.8 Å². The third-order valence-electron chi connectivity index (χ3n) is 3.58. The molecule has 23 heavy (non-hydrogen) atoms. The van der Waals surface area contributed by atoms with Gasteiger partial charge in [-0.3, -0.25) is 0 Å². The molecule has 7 nitrogen and oxygen atoms in total. The Morgan fingerprint density at radius 1 is 1.48 bits per heavy atom. The number of nitrogens with zero attached hydrogens (tertiary/aromatic N) is 1. The first-order chi connectivity index (χ1) is 10.8. The lowest BCUT2D eigenvalue weighted by atomic mass is 10.0. The van der Waals surface area contributed by atoms with Crippen LogP contribution in [0.5, 0.6) is 0 Å². The average Bonchev–Trinajstić information content (AvgIpc) is 3.11. The second kappa shape index (κ2) is 7.61. The molecule has 4 N–H and O–H groups in total. The Kier molecular flexibility index (Phi) is 6.01. The van der Waals surface area contributed by atoms with Gasteiger partial charge in [0, 0.05) is 24.6 Å². The zero-order valence-electron chi connectivity index (χ0n) is 13.5. The van der Waals surface area contributed by atoms with E-state index in [-0.39, 0.29) is 9.81 Å². The van der Waals surface area contributed by atoms with Crippen molar-refractivity contribution in [2.75, 3.05) is 19.7 Å². The molecule has 0 saturated carbocycles. The molecular formula is C14H24N4O3S2. The van der Waals surface area contributed by atoms with Gasteiger partial charge in [0.2, 0.25) is 10.0 Å². The number of nitrogens with two attached hydrogens (primary N) is 1. The first-order valence-corrected chi connectivity index (χ1v) is 9.96. The van der Waals surface area contributed by atoms with E-state index in [1.807, 2.05) is 6.92 Å². The summed E-state index contributed by atoms with van der Waals surface area (Å²) >= 11 is 1.14. The van der Waals surface area contributed by atoms with Crippen molar-refractivity contribution in [1.29, 1.82) is 0 Å². The van der Waals surface area contributed by atoms with Crippen molar-refractivity contribution in [2.45, 2.75) is 43.0 Å². The fourth-order valence-corrected chi connectivity index (χ4v) is 4.04. The van der Waals surface area contributed by atoms with Crippen LogP contribution in [-0.4, -0.2) is 39.7 Å². The van der Waals surface area contributed by atoms with Crippen molar-refractivity contribution in [3.05, 3.63) is 17.0 Å². The van der Waals surface area contributed by atoms with Crippen LogP contribution in [0.15, 0.2) is 21.3 Å². The molecule has 1 atom stereocenters. The Morgan fingerprint density at radius 2 is 2.26 bits per heavy atom. The Morgan fingerprint density at radius 3 is 2.83 bits per heavy atom. The summed E-state index contributed by atoms with van der Waals surface area (Å²) in [5, 5.41) is 11.6. The highest BCUT2D eigenvalue weighted by Gasteiger charge is 2.29. The normalized spacial score (nSPS) is 22.3. The summed E-state index contributed by atoms with van der Waals surface area (Å²) in [5.41, 5.74) is -0.153. The minimum Gasteiger partial charge on any atom is -0.373 e. The van der Waals surface area contributed by atoms with E-state index in [1.165, 1.54) is 6.07 Å². The molecule has 0 aliphatic carbocycles. The monoisotopic (exact) mass is 360 g/mol. The van der Waals surface area contributed by atoms with Gasteiger partial charge in [-0.2, -0.15) is 0 Å². The molecule has 1 aromatic rings. The molecule has 1 saturated heterocycles. The maximum absolute atomic E-state index is 11.3. The average molecular weight is 361 g/mol. The van der Waals surface area contributed by atoms with Crippen LogP contribution in [0.25, 0.3) is 0 Å². The van der Waals surface area contributed by atoms with E-state index >= 15 is 0 Å². The first-order valence-electron chi connectivity index (χ1n) is 7.60. The van der Waals surface area contributed by atoms with Crippen LogP contribution in [0.1, 0.15) is 31.6 Å². The summed E-state index contributed by atoms with van der Waals surface area (Å²) in [7, 11) is -3.64. The molecule has 0 amide bonds. The topological polar surface area (TPSA) is 106 Å². The van der Waals surface area contributed by atoms with E-state index < -0.39 is 10.0 Å². The van der Waals surface area contributed by atoms with Gasteiger partial charge in [-0.15, -0.1) is 11.3 Å². The van der Waals surface area contributed by atoms with Gasteiger partial charge in [-0.1, -0.05) is 0 Å². The third kappa shape index (κ3) is 5.45. The molecule has 1 unspecified atom stereocenters. The molecule has 0 aromatic carbocycles. The summed E-state index contributed by atoms with van der Waals surface area (Å²) in [5.74, 6) is 0.690. The fourth-order valence-electron chi connectivity index (χ4n) is 2.34. The number of sulfonamides is 1. The molecule has 2 heterocycles. The van der Waals surface area contributed by atoms with Gasteiger partial charge >= 0.3 is 0 Å². The predicted octanol–water partition coefficient (Wildman–Crippen LogP) is 1.02. The Labute approximate surface area is 141 Å². The summed E-state index contributed by atoms with van der Waals surface area (Å²) in [6.07, 6.45) is 2.11.